The number of carboxylic acid groups (broad SMARTS) is 1. The number of aromatic carboxylic acids is 1. The van der Waals surface area contributed by atoms with E-state index in [0.717, 1.165) is 11.1 Å². The highest BCUT2D eigenvalue weighted by Gasteiger charge is 2.14. The molecule has 32 heavy (non-hydrogen) atoms. The Hall–Kier alpha value is -4.14. The van der Waals surface area contributed by atoms with Crippen LogP contribution in [0, 0.1) is 12.7 Å². The molecule has 0 spiro atoms. The monoisotopic (exact) mass is 435 g/mol. The van der Waals surface area contributed by atoms with Gasteiger partial charge in [0, 0.05) is 41.5 Å². The SMILES string of the molecule is COc1ccc(F)c2c1cc(C)n2CCNc1cc(-c2ccc(C(=O)O)c(N)c2)ncn1. The van der Waals surface area contributed by atoms with Crippen molar-refractivity contribution in [3.8, 4) is 17.0 Å². The number of methoxy groups -OCH3 is 1. The number of hydrogen-bond acceptors (Lipinski definition) is 6. The predicted molar refractivity (Wildman–Crippen MR) is 121 cm³/mol. The number of nitrogen functional groups attached to an aromatic ring is 1. The van der Waals surface area contributed by atoms with E-state index in [1.54, 1.807) is 31.4 Å². The summed E-state index contributed by atoms with van der Waals surface area (Å²) in [5, 5.41) is 13.1. The van der Waals surface area contributed by atoms with Crippen molar-refractivity contribution in [1.82, 2.24) is 14.5 Å². The number of nitrogens with zero attached hydrogens (tertiary/aromatic N) is 3. The first-order chi connectivity index (χ1) is 15.4. The Morgan fingerprint density at radius 3 is 2.75 bits per heavy atom. The summed E-state index contributed by atoms with van der Waals surface area (Å²) in [6.07, 6.45) is 1.42. The lowest BCUT2D eigenvalue weighted by Crippen LogP contribution is -2.13. The van der Waals surface area contributed by atoms with Gasteiger partial charge in [-0.1, -0.05) is 6.07 Å². The van der Waals surface area contributed by atoms with E-state index in [9.17, 15) is 9.18 Å². The number of anilines is 2. The molecular weight excluding hydrogens is 413 g/mol. The van der Waals surface area contributed by atoms with Gasteiger partial charge in [-0.25, -0.2) is 19.2 Å². The van der Waals surface area contributed by atoms with Crippen LogP contribution in [0.4, 0.5) is 15.9 Å². The Morgan fingerprint density at radius 1 is 1.22 bits per heavy atom. The van der Waals surface area contributed by atoms with Gasteiger partial charge in [-0.05, 0) is 37.3 Å². The summed E-state index contributed by atoms with van der Waals surface area (Å²) >= 11 is 0. The van der Waals surface area contributed by atoms with Crippen molar-refractivity contribution >= 4 is 28.4 Å². The molecule has 0 unspecified atom stereocenters. The lowest BCUT2D eigenvalue weighted by Gasteiger charge is -2.12. The first-order valence-electron chi connectivity index (χ1n) is 9.90. The molecule has 0 aliphatic heterocycles. The zero-order valence-electron chi connectivity index (χ0n) is 17.6. The maximum Gasteiger partial charge on any atom is 0.337 e. The standard InChI is InChI=1S/C23H22FN5O3/c1-13-9-16-20(32-2)6-5-17(24)22(16)29(13)8-7-26-21-11-19(27-12-28-21)14-3-4-15(23(30)31)18(25)10-14/h3-6,9-12H,7-8,25H2,1-2H3,(H,30,31)(H,26,27,28). The van der Waals surface area contributed by atoms with Crippen LogP contribution in [0.3, 0.4) is 0 Å². The number of carbonyl (C=O) groups is 1. The minimum absolute atomic E-state index is 0.0411. The molecule has 4 aromatic rings. The van der Waals surface area contributed by atoms with E-state index in [0.29, 0.717) is 41.4 Å². The van der Waals surface area contributed by atoms with Gasteiger partial charge in [-0.15, -0.1) is 0 Å². The van der Waals surface area contributed by atoms with Gasteiger partial charge in [-0.2, -0.15) is 0 Å². The zero-order valence-corrected chi connectivity index (χ0v) is 17.6. The Bertz CT molecular complexity index is 1320. The number of aromatic nitrogens is 3. The zero-order chi connectivity index (χ0) is 22.8. The number of carboxylic acids is 1. The van der Waals surface area contributed by atoms with Gasteiger partial charge in [0.05, 0.1) is 23.9 Å². The highest BCUT2D eigenvalue weighted by atomic mass is 19.1. The van der Waals surface area contributed by atoms with Crippen LogP contribution in [-0.4, -0.2) is 39.3 Å². The van der Waals surface area contributed by atoms with E-state index < -0.39 is 5.97 Å². The number of nitrogens with one attached hydrogen (secondary N) is 1. The molecule has 8 nitrogen and oxygen atoms in total. The Balaban J connectivity index is 1.52. The molecule has 0 atom stereocenters. The Kier molecular flexibility index (Phi) is 5.63. The van der Waals surface area contributed by atoms with Crippen LogP contribution < -0.4 is 15.8 Å². The molecule has 0 saturated heterocycles. The van der Waals surface area contributed by atoms with Gasteiger partial charge in [0.25, 0.3) is 0 Å². The molecule has 4 rings (SSSR count). The Morgan fingerprint density at radius 2 is 2.03 bits per heavy atom. The molecule has 4 N–H and O–H groups in total. The lowest BCUT2D eigenvalue weighted by atomic mass is 10.1. The summed E-state index contributed by atoms with van der Waals surface area (Å²) in [6, 6.07) is 11.4. The van der Waals surface area contributed by atoms with Crippen LogP contribution >= 0.6 is 0 Å². The fraction of sp³-hybridized carbons (Fsp3) is 0.174. The molecule has 0 amide bonds. The molecule has 0 aliphatic carbocycles. The molecule has 0 saturated carbocycles. The van der Waals surface area contributed by atoms with E-state index in [1.165, 1.54) is 18.5 Å². The second-order valence-electron chi connectivity index (χ2n) is 7.27. The number of ether oxygens (including phenoxy) is 1. The highest BCUT2D eigenvalue weighted by Crippen LogP contribution is 2.31. The van der Waals surface area contributed by atoms with Crippen LogP contribution in [0.15, 0.2) is 48.8 Å². The van der Waals surface area contributed by atoms with Crippen molar-refractivity contribution in [2.24, 2.45) is 0 Å². The van der Waals surface area contributed by atoms with Gasteiger partial charge >= 0.3 is 5.97 Å². The third kappa shape index (κ3) is 3.92. The maximum absolute atomic E-state index is 14.5. The van der Waals surface area contributed by atoms with Crippen molar-refractivity contribution in [3.05, 3.63) is 65.9 Å². The van der Waals surface area contributed by atoms with E-state index in [-0.39, 0.29) is 17.1 Å². The Labute approximate surface area is 183 Å². The van der Waals surface area contributed by atoms with Crippen molar-refractivity contribution in [2.75, 3.05) is 24.7 Å². The molecule has 0 radical (unpaired) electrons. The number of fused-ring (bicyclic) bond motifs is 1. The lowest BCUT2D eigenvalue weighted by molar-refractivity contribution is 0.0698. The minimum atomic E-state index is -1.08. The molecule has 2 aromatic carbocycles. The first-order valence-corrected chi connectivity index (χ1v) is 9.90. The minimum Gasteiger partial charge on any atom is -0.496 e. The first kappa shape index (κ1) is 21.1. The van der Waals surface area contributed by atoms with Crippen molar-refractivity contribution in [3.63, 3.8) is 0 Å². The summed E-state index contributed by atoms with van der Waals surface area (Å²) in [6.45, 7) is 2.93. The number of benzene rings is 2. The fourth-order valence-electron chi connectivity index (χ4n) is 3.73. The average molecular weight is 435 g/mol. The maximum atomic E-state index is 14.5. The average Bonchev–Trinajstić information content (AvgIpc) is 3.11. The highest BCUT2D eigenvalue weighted by molar-refractivity contribution is 5.94. The number of hydrogen-bond donors (Lipinski definition) is 3. The van der Waals surface area contributed by atoms with E-state index >= 15 is 0 Å². The van der Waals surface area contributed by atoms with Gasteiger partial charge in [-0.3, -0.25) is 0 Å². The molecule has 2 heterocycles. The normalized spacial score (nSPS) is 11.0. The largest absolute Gasteiger partial charge is 0.496 e. The molecular formula is C23H22FN5O3. The molecule has 0 fully saturated rings. The number of rotatable bonds is 7. The molecule has 0 aliphatic rings. The van der Waals surface area contributed by atoms with Crippen LogP contribution in [0.25, 0.3) is 22.2 Å². The van der Waals surface area contributed by atoms with E-state index in [1.807, 2.05) is 17.6 Å². The third-order valence-corrected chi connectivity index (χ3v) is 5.28. The van der Waals surface area contributed by atoms with E-state index in [2.05, 4.69) is 15.3 Å². The quantitative estimate of drug-likeness (QED) is 0.377. The molecule has 2 aromatic heterocycles. The third-order valence-electron chi connectivity index (χ3n) is 5.28. The summed E-state index contributed by atoms with van der Waals surface area (Å²) in [7, 11) is 1.57. The fourth-order valence-corrected chi connectivity index (χ4v) is 3.73. The van der Waals surface area contributed by atoms with Gasteiger partial charge in [0.15, 0.2) is 0 Å². The summed E-state index contributed by atoms with van der Waals surface area (Å²) in [5.41, 5.74) is 8.75. The van der Waals surface area contributed by atoms with Gasteiger partial charge < -0.3 is 25.5 Å². The second kappa shape index (κ2) is 8.54. The topological polar surface area (TPSA) is 115 Å². The van der Waals surface area contributed by atoms with Crippen LogP contribution in [0.1, 0.15) is 16.1 Å². The molecule has 164 valence electrons. The van der Waals surface area contributed by atoms with Crippen molar-refractivity contribution < 1.29 is 19.0 Å². The summed E-state index contributed by atoms with van der Waals surface area (Å²) < 4.78 is 21.8. The predicted octanol–water partition coefficient (Wildman–Crippen LogP) is 3.95. The van der Waals surface area contributed by atoms with E-state index in [4.69, 9.17) is 15.6 Å². The molecule has 0 bridgehead atoms. The summed E-state index contributed by atoms with van der Waals surface area (Å²) in [4.78, 5) is 19.6. The van der Waals surface area contributed by atoms with Crippen molar-refractivity contribution in [2.45, 2.75) is 13.5 Å². The van der Waals surface area contributed by atoms with Crippen LogP contribution in [-0.2, 0) is 6.54 Å². The van der Waals surface area contributed by atoms with Gasteiger partial charge in [0.2, 0.25) is 0 Å². The smallest absolute Gasteiger partial charge is 0.337 e. The summed E-state index contributed by atoms with van der Waals surface area (Å²) in [5.74, 6) is -0.172. The number of halogens is 1. The van der Waals surface area contributed by atoms with Crippen LogP contribution in [0.2, 0.25) is 0 Å². The van der Waals surface area contributed by atoms with Crippen LogP contribution in [0.5, 0.6) is 5.75 Å². The number of nitrogens with two attached hydrogens (primary N) is 1. The second-order valence-corrected chi connectivity index (χ2v) is 7.27. The molecule has 9 heteroatoms. The van der Waals surface area contributed by atoms with Gasteiger partial charge in [0.1, 0.15) is 23.7 Å². The number of aryl methyl sites for hydroxylation is 1. The van der Waals surface area contributed by atoms with Crippen molar-refractivity contribution in [1.29, 1.82) is 0 Å².